The van der Waals surface area contributed by atoms with Gasteiger partial charge in [-0.25, -0.2) is 9.37 Å². The minimum absolute atomic E-state index is 0.0671. The van der Waals surface area contributed by atoms with Gasteiger partial charge in [0.1, 0.15) is 23.3 Å². The molecule has 0 saturated heterocycles. The number of hydrogen-bond acceptors (Lipinski definition) is 6. The van der Waals surface area contributed by atoms with Crippen molar-refractivity contribution in [1.29, 1.82) is 5.26 Å². The Hall–Kier alpha value is -3.21. The second kappa shape index (κ2) is 9.13. The number of nitrogens with two attached hydrogens (primary N) is 1. The molecule has 7 nitrogen and oxygen atoms in total. The number of carbonyl (C=O) groups excluding carboxylic acids is 1. The fourth-order valence-electron chi connectivity index (χ4n) is 3.34. The van der Waals surface area contributed by atoms with Crippen LogP contribution in [0.5, 0.6) is 0 Å². The minimum atomic E-state index is -0.257. The summed E-state index contributed by atoms with van der Waals surface area (Å²) in [6, 6.07) is 8.60. The third-order valence-electron chi connectivity index (χ3n) is 4.99. The third kappa shape index (κ3) is 5.16. The molecule has 0 unspecified atom stereocenters. The summed E-state index contributed by atoms with van der Waals surface area (Å²) in [4.78, 5) is 19.9. The standard InChI is InChI=1S/C20H23FN6O/c21-16-5-1-13(2-6-16)9-10-24-20-25-12-15(11-22)19(27-20)26-17-7-3-14(4-8-17)18(23)28/h1-2,5-6,12,14,17H,3-4,7-10H2,(H2,23,28)(H2,24,25,26,27). The van der Waals surface area contributed by atoms with Gasteiger partial charge in [0.05, 0.1) is 6.20 Å². The zero-order chi connectivity index (χ0) is 19.9. The summed E-state index contributed by atoms with van der Waals surface area (Å²) in [6.45, 7) is 0.584. The van der Waals surface area contributed by atoms with Crippen LogP contribution in [-0.4, -0.2) is 28.5 Å². The maximum Gasteiger partial charge on any atom is 0.224 e. The van der Waals surface area contributed by atoms with Crippen molar-refractivity contribution in [2.75, 3.05) is 17.2 Å². The number of nitrogens with zero attached hydrogens (tertiary/aromatic N) is 3. The van der Waals surface area contributed by atoms with Crippen molar-refractivity contribution in [3.63, 3.8) is 0 Å². The fraction of sp³-hybridized carbons (Fsp3) is 0.400. The Morgan fingerprint density at radius 2 is 1.96 bits per heavy atom. The molecule has 4 N–H and O–H groups in total. The van der Waals surface area contributed by atoms with Gasteiger partial charge in [-0.15, -0.1) is 0 Å². The Kier molecular flexibility index (Phi) is 6.37. The zero-order valence-corrected chi connectivity index (χ0v) is 15.5. The first-order valence-electron chi connectivity index (χ1n) is 9.36. The molecule has 1 fully saturated rings. The predicted molar refractivity (Wildman–Crippen MR) is 104 cm³/mol. The summed E-state index contributed by atoms with van der Waals surface area (Å²) in [6.07, 6.45) is 5.27. The highest BCUT2D eigenvalue weighted by Gasteiger charge is 2.25. The molecule has 0 atom stereocenters. The van der Waals surface area contributed by atoms with Crippen molar-refractivity contribution in [1.82, 2.24) is 9.97 Å². The number of primary amides is 1. The van der Waals surface area contributed by atoms with Gasteiger partial charge in [-0.3, -0.25) is 4.79 Å². The van der Waals surface area contributed by atoms with E-state index in [1.165, 1.54) is 18.3 Å². The quantitative estimate of drug-likeness (QED) is 0.678. The van der Waals surface area contributed by atoms with E-state index >= 15 is 0 Å². The van der Waals surface area contributed by atoms with Gasteiger partial charge in [0.2, 0.25) is 11.9 Å². The van der Waals surface area contributed by atoms with Gasteiger partial charge >= 0.3 is 0 Å². The number of nitrogens with one attached hydrogen (secondary N) is 2. The lowest BCUT2D eigenvalue weighted by atomic mass is 9.85. The SMILES string of the molecule is N#Cc1cnc(NCCc2ccc(F)cc2)nc1NC1CCC(C(N)=O)CC1. The van der Waals surface area contributed by atoms with Gasteiger partial charge in [-0.1, -0.05) is 12.1 Å². The van der Waals surface area contributed by atoms with E-state index in [0.29, 0.717) is 30.3 Å². The first-order chi connectivity index (χ1) is 13.5. The van der Waals surface area contributed by atoms with E-state index in [2.05, 4.69) is 26.7 Å². The molecule has 0 spiro atoms. The summed E-state index contributed by atoms with van der Waals surface area (Å²) in [7, 11) is 0. The molecule has 146 valence electrons. The second-order valence-electron chi connectivity index (χ2n) is 6.97. The second-order valence-corrected chi connectivity index (χ2v) is 6.97. The summed E-state index contributed by atoms with van der Waals surface area (Å²) in [5, 5.41) is 15.8. The van der Waals surface area contributed by atoms with Gasteiger partial charge in [0.25, 0.3) is 0 Å². The lowest BCUT2D eigenvalue weighted by molar-refractivity contribution is -0.122. The molecule has 2 aromatic rings. The van der Waals surface area contributed by atoms with Gasteiger partial charge in [0, 0.05) is 18.5 Å². The number of halogens is 1. The van der Waals surface area contributed by atoms with Crippen LogP contribution in [0.3, 0.4) is 0 Å². The Balaban J connectivity index is 1.58. The van der Waals surface area contributed by atoms with Crippen LogP contribution in [0, 0.1) is 23.1 Å². The van der Waals surface area contributed by atoms with E-state index in [9.17, 15) is 14.4 Å². The van der Waals surface area contributed by atoms with E-state index < -0.39 is 0 Å². The number of hydrogen-bond donors (Lipinski definition) is 3. The number of amides is 1. The summed E-state index contributed by atoms with van der Waals surface area (Å²) >= 11 is 0. The molecule has 0 radical (unpaired) electrons. The maximum absolute atomic E-state index is 13.0. The van der Waals surface area contributed by atoms with Crippen molar-refractivity contribution < 1.29 is 9.18 Å². The first kappa shape index (κ1) is 19.5. The predicted octanol–water partition coefficient (Wildman–Crippen LogP) is 2.60. The molecule has 1 heterocycles. The maximum atomic E-state index is 13.0. The number of carbonyl (C=O) groups is 1. The van der Waals surface area contributed by atoms with Crippen molar-refractivity contribution in [3.8, 4) is 6.07 Å². The number of benzene rings is 1. The Morgan fingerprint density at radius 1 is 1.25 bits per heavy atom. The Bertz CT molecular complexity index is 856. The summed E-state index contributed by atoms with van der Waals surface area (Å²) in [5.41, 5.74) is 6.76. The van der Waals surface area contributed by atoms with Gasteiger partial charge in [-0.05, 0) is 49.8 Å². The summed E-state index contributed by atoms with van der Waals surface area (Å²) < 4.78 is 13.0. The Labute approximate surface area is 163 Å². The molecule has 3 rings (SSSR count). The van der Waals surface area contributed by atoms with E-state index in [4.69, 9.17) is 5.73 Å². The van der Waals surface area contributed by atoms with E-state index in [1.54, 1.807) is 12.1 Å². The highest BCUT2D eigenvalue weighted by molar-refractivity contribution is 5.76. The highest BCUT2D eigenvalue weighted by Crippen LogP contribution is 2.27. The van der Waals surface area contributed by atoms with E-state index in [-0.39, 0.29) is 23.7 Å². The topological polar surface area (TPSA) is 117 Å². The van der Waals surface area contributed by atoms with Crippen LogP contribution in [0.1, 0.15) is 36.8 Å². The zero-order valence-electron chi connectivity index (χ0n) is 15.5. The molecule has 28 heavy (non-hydrogen) atoms. The van der Waals surface area contributed by atoms with E-state index in [0.717, 1.165) is 31.2 Å². The van der Waals surface area contributed by atoms with Crippen LogP contribution < -0.4 is 16.4 Å². The molecule has 1 aliphatic rings. The van der Waals surface area contributed by atoms with Crippen molar-refractivity contribution in [3.05, 3.63) is 47.4 Å². The number of rotatable bonds is 7. The molecule has 1 aromatic heterocycles. The smallest absolute Gasteiger partial charge is 0.224 e. The molecule has 1 saturated carbocycles. The molecule has 8 heteroatoms. The molecule has 1 aromatic carbocycles. The van der Waals surface area contributed by atoms with Crippen LogP contribution in [0.2, 0.25) is 0 Å². The van der Waals surface area contributed by atoms with Gasteiger partial charge in [0.15, 0.2) is 0 Å². The van der Waals surface area contributed by atoms with Crippen LogP contribution in [0.4, 0.5) is 16.2 Å². The number of anilines is 2. The van der Waals surface area contributed by atoms with Crippen molar-refractivity contribution >= 4 is 17.7 Å². The van der Waals surface area contributed by atoms with Crippen molar-refractivity contribution in [2.24, 2.45) is 11.7 Å². The van der Waals surface area contributed by atoms with Crippen LogP contribution >= 0.6 is 0 Å². The Morgan fingerprint density at radius 3 is 2.61 bits per heavy atom. The molecular weight excluding hydrogens is 359 g/mol. The first-order valence-corrected chi connectivity index (χ1v) is 9.36. The molecular formula is C20H23FN6O. The van der Waals surface area contributed by atoms with Crippen molar-refractivity contribution in [2.45, 2.75) is 38.1 Å². The van der Waals surface area contributed by atoms with Gasteiger partial charge in [-0.2, -0.15) is 10.2 Å². The van der Waals surface area contributed by atoms with Crippen LogP contribution in [0.25, 0.3) is 0 Å². The van der Waals surface area contributed by atoms with Gasteiger partial charge < -0.3 is 16.4 Å². The van der Waals surface area contributed by atoms with Crippen LogP contribution in [-0.2, 0) is 11.2 Å². The monoisotopic (exact) mass is 382 g/mol. The molecule has 1 aliphatic carbocycles. The molecule has 0 aliphatic heterocycles. The number of nitriles is 1. The third-order valence-corrected chi connectivity index (χ3v) is 4.99. The lowest BCUT2D eigenvalue weighted by Gasteiger charge is -2.28. The average molecular weight is 382 g/mol. The average Bonchev–Trinajstić information content (AvgIpc) is 2.70. The van der Waals surface area contributed by atoms with E-state index in [1.807, 2.05) is 0 Å². The minimum Gasteiger partial charge on any atom is -0.369 e. The molecule has 0 bridgehead atoms. The highest BCUT2D eigenvalue weighted by atomic mass is 19.1. The lowest BCUT2D eigenvalue weighted by Crippen LogP contribution is -2.32. The normalized spacial score (nSPS) is 18.9. The number of aromatic nitrogens is 2. The largest absolute Gasteiger partial charge is 0.369 e. The summed E-state index contributed by atoms with van der Waals surface area (Å²) in [5.74, 6) is 0.347. The fourth-order valence-corrected chi connectivity index (χ4v) is 3.34. The van der Waals surface area contributed by atoms with Crippen LogP contribution in [0.15, 0.2) is 30.5 Å². The molecule has 1 amide bonds.